The van der Waals surface area contributed by atoms with E-state index in [0.29, 0.717) is 12.4 Å². The van der Waals surface area contributed by atoms with Gasteiger partial charge in [-0.2, -0.15) is 8.42 Å². The minimum Gasteiger partial charge on any atom is -0.383 e. The molecule has 1 aliphatic rings. The molecule has 1 atom stereocenters. The van der Waals surface area contributed by atoms with Gasteiger partial charge in [0, 0.05) is 13.1 Å². The van der Waals surface area contributed by atoms with E-state index < -0.39 is 10.1 Å². The normalized spacial score (nSPS) is 18.4. The second-order valence-corrected chi connectivity index (χ2v) is 7.51. The molecular formula is C19H21NO4S. The highest BCUT2D eigenvalue weighted by molar-refractivity contribution is 7.86. The van der Waals surface area contributed by atoms with Crippen LogP contribution in [0, 0.1) is 0 Å². The van der Waals surface area contributed by atoms with Crippen LogP contribution in [0.5, 0.6) is 5.75 Å². The summed E-state index contributed by atoms with van der Waals surface area (Å²) in [6.07, 6.45) is 5.15. The van der Waals surface area contributed by atoms with Crippen molar-refractivity contribution in [3.05, 3.63) is 71.9 Å². The van der Waals surface area contributed by atoms with Crippen molar-refractivity contribution in [2.45, 2.75) is 6.10 Å². The van der Waals surface area contributed by atoms with Crippen LogP contribution in [0.1, 0.15) is 17.2 Å². The predicted molar refractivity (Wildman–Crippen MR) is 97.7 cm³/mol. The molecular weight excluding hydrogens is 338 g/mol. The fourth-order valence-corrected chi connectivity index (χ4v) is 3.14. The largest absolute Gasteiger partial charge is 0.383 e. The number of hydrogen-bond donors (Lipinski definition) is 0. The summed E-state index contributed by atoms with van der Waals surface area (Å²) in [6.45, 7) is 2.23. The van der Waals surface area contributed by atoms with E-state index in [4.69, 9.17) is 8.92 Å². The van der Waals surface area contributed by atoms with Gasteiger partial charge in [-0.25, -0.2) is 0 Å². The molecule has 1 saturated heterocycles. The quantitative estimate of drug-likeness (QED) is 0.768. The Labute approximate surface area is 148 Å². The van der Waals surface area contributed by atoms with Crippen LogP contribution in [0.3, 0.4) is 0 Å². The fraction of sp³-hybridized carbons (Fsp3) is 0.263. The van der Waals surface area contributed by atoms with Crippen molar-refractivity contribution in [3.8, 4) is 5.75 Å². The Bertz CT molecular complexity index is 816. The van der Waals surface area contributed by atoms with Crippen LogP contribution < -0.4 is 4.18 Å². The maximum Gasteiger partial charge on any atom is 0.306 e. The first-order valence-corrected chi connectivity index (χ1v) is 9.89. The van der Waals surface area contributed by atoms with E-state index in [1.54, 1.807) is 12.1 Å². The van der Waals surface area contributed by atoms with E-state index in [1.807, 2.05) is 30.3 Å². The summed E-state index contributed by atoms with van der Waals surface area (Å²) in [5.41, 5.74) is 2.16. The molecule has 3 rings (SSSR count). The van der Waals surface area contributed by atoms with E-state index in [0.717, 1.165) is 30.5 Å². The Kier molecular flexibility index (Phi) is 5.40. The topological polar surface area (TPSA) is 55.8 Å². The zero-order chi connectivity index (χ0) is 17.7. The molecule has 1 fully saturated rings. The lowest BCUT2D eigenvalue weighted by molar-refractivity contribution is -0.0135. The molecule has 2 aromatic rings. The van der Waals surface area contributed by atoms with Gasteiger partial charge in [-0.1, -0.05) is 42.5 Å². The van der Waals surface area contributed by atoms with Crippen molar-refractivity contribution in [2.75, 3.05) is 26.0 Å². The summed E-state index contributed by atoms with van der Waals surface area (Å²) in [4.78, 5) is 2.22. The van der Waals surface area contributed by atoms with E-state index in [9.17, 15) is 8.42 Å². The van der Waals surface area contributed by atoms with Crippen LogP contribution >= 0.6 is 0 Å². The first kappa shape index (κ1) is 17.5. The van der Waals surface area contributed by atoms with Gasteiger partial charge >= 0.3 is 10.1 Å². The molecule has 0 radical (unpaired) electrons. The van der Waals surface area contributed by atoms with E-state index in [2.05, 4.69) is 29.3 Å². The van der Waals surface area contributed by atoms with Gasteiger partial charge in [0.25, 0.3) is 0 Å². The molecule has 0 aromatic heterocycles. The van der Waals surface area contributed by atoms with Gasteiger partial charge in [-0.3, -0.25) is 0 Å². The van der Waals surface area contributed by atoms with Crippen LogP contribution in [0.25, 0.3) is 6.08 Å². The fourth-order valence-electron chi connectivity index (χ4n) is 2.67. The minimum absolute atomic E-state index is 0.0542. The maximum atomic E-state index is 11.2. The van der Waals surface area contributed by atoms with Gasteiger partial charge in [-0.15, -0.1) is 0 Å². The Morgan fingerprint density at radius 3 is 2.52 bits per heavy atom. The van der Waals surface area contributed by atoms with Crippen molar-refractivity contribution in [1.29, 1.82) is 0 Å². The number of rotatable bonds is 5. The molecule has 1 aliphatic heterocycles. The SMILES string of the molecule is CS(=O)(=O)Oc1ccc([C@H]2CN(C=Cc3ccccc3)CCO2)cc1. The summed E-state index contributed by atoms with van der Waals surface area (Å²) < 4.78 is 33.0. The third-order valence-corrected chi connectivity index (χ3v) is 4.37. The number of hydrogen-bond acceptors (Lipinski definition) is 5. The Morgan fingerprint density at radius 2 is 1.84 bits per heavy atom. The molecule has 0 saturated carbocycles. The molecule has 6 heteroatoms. The van der Waals surface area contributed by atoms with Crippen molar-refractivity contribution in [2.24, 2.45) is 0 Å². The molecule has 0 spiro atoms. The summed E-state index contributed by atoms with van der Waals surface area (Å²) in [7, 11) is -3.51. The summed E-state index contributed by atoms with van der Waals surface area (Å²) >= 11 is 0. The van der Waals surface area contributed by atoms with E-state index in [1.165, 1.54) is 0 Å². The molecule has 0 N–H and O–H groups in total. The van der Waals surface area contributed by atoms with Gasteiger partial charge in [0.15, 0.2) is 0 Å². The molecule has 25 heavy (non-hydrogen) atoms. The van der Waals surface area contributed by atoms with E-state index >= 15 is 0 Å². The highest BCUT2D eigenvalue weighted by Gasteiger charge is 2.20. The number of benzene rings is 2. The molecule has 5 nitrogen and oxygen atoms in total. The van der Waals surface area contributed by atoms with Crippen LogP contribution in [-0.2, 0) is 14.9 Å². The first-order chi connectivity index (χ1) is 12.0. The molecule has 132 valence electrons. The molecule has 0 amide bonds. The minimum atomic E-state index is -3.51. The first-order valence-electron chi connectivity index (χ1n) is 8.08. The van der Waals surface area contributed by atoms with Crippen molar-refractivity contribution >= 4 is 16.2 Å². The molecule has 2 aromatic carbocycles. The predicted octanol–water partition coefficient (Wildman–Crippen LogP) is 3.07. The van der Waals surface area contributed by atoms with Crippen LogP contribution in [-0.4, -0.2) is 39.3 Å². The lowest BCUT2D eigenvalue weighted by Crippen LogP contribution is -2.34. The smallest absolute Gasteiger partial charge is 0.306 e. The third-order valence-electron chi connectivity index (χ3n) is 3.87. The Balaban J connectivity index is 1.64. The molecule has 0 aliphatic carbocycles. The summed E-state index contributed by atoms with van der Waals surface area (Å²) in [5, 5.41) is 0. The zero-order valence-electron chi connectivity index (χ0n) is 14.0. The highest BCUT2D eigenvalue weighted by atomic mass is 32.2. The monoisotopic (exact) mass is 359 g/mol. The number of nitrogens with zero attached hydrogens (tertiary/aromatic N) is 1. The van der Waals surface area contributed by atoms with Gasteiger partial charge in [0.2, 0.25) is 0 Å². The number of ether oxygens (including phenoxy) is 1. The average Bonchev–Trinajstić information content (AvgIpc) is 2.60. The highest BCUT2D eigenvalue weighted by Crippen LogP contribution is 2.25. The van der Waals surface area contributed by atoms with Gasteiger partial charge in [0.1, 0.15) is 5.75 Å². The van der Waals surface area contributed by atoms with Gasteiger partial charge in [0.05, 0.1) is 19.0 Å². The second kappa shape index (κ2) is 7.72. The average molecular weight is 359 g/mol. The van der Waals surface area contributed by atoms with Crippen LogP contribution in [0.2, 0.25) is 0 Å². The van der Waals surface area contributed by atoms with Gasteiger partial charge in [-0.05, 0) is 35.5 Å². The third kappa shape index (κ3) is 5.34. The summed E-state index contributed by atoms with van der Waals surface area (Å²) in [6, 6.07) is 17.1. The number of morpholine rings is 1. The molecule has 1 heterocycles. The van der Waals surface area contributed by atoms with Gasteiger partial charge < -0.3 is 13.8 Å². The van der Waals surface area contributed by atoms with Crippen molar-refractivity contribution in [3.63, 3.8) is 0 Å². The van der Waals surface area contributed by atoms with Crippen molar-refractivity contribution < 1.29 is 17.3 Å². The standard InChI is InChI=1S/C19H21NO4S/c1-25(21,22)24-18-9-7-17(8-10-18)19-15-20(13-14-23-19)12-11-16-5-3-2-4-6-16/h2-12,19H,13-15H2,1H3/t19-/m1/s1. The lowest BCUT2D eigenvalue weighted by Gasteiger charge is -2.32. The molecule has 0 bridgehead atoms. The summed E-state index contributed by atoms with van der Waals surface area (Å²) in [5.74, 6) is 0.308. The van der Waals surface area contributed by atoms with Crippen LogP contribution in [0.15, 0.2) is 60.8 Å². The second-order valence-electron chi connectivity index (χ2n) is 5.94. The lowest BCUT2D eigenvalue weighted by atomic mass is 10.1. The zero-order valence-corrected chi connectivity index (χ0v) is 14.9. The van der Waals surface area contributed by atoms with Crippen LogP contribution in [0.4, 0.5) is 0 Å². The van der Waals surface area contributed by atoms with E-state index in [-0.39, 0.29) is 6.10 Å². The Morgan fingerprint density at radius 1 is 1.12 bits per heavy atom. The molecule has 0 unspecified atom stereocenters. The Hall–Kier alpha value is -2.31. The van der Waals surface area contributed by atoms with Crippen molar-refractivity contribution in [1.82, 2.24) is 4.90 Å². The maximum absolute atomic E-state index is 11.2.